The molecule has 16 heavy (non-hydrogen) atoms. The number of halogens is 3. The van der Waals surface area contributed by atoms with Crippen LogP contribution < -0.4 is 0 Å². The molecule has 1 heterocycles. The number of thioether (sulfide) groups is 1. The van der Waals surface area contributed by atoms with Crippen molar-refractivity contribution in [3.8, 4) is 0 Å². The van der Waals surface area contributed by atoms with E-state index in [1.54, 1.807) is 23.1 Å². The molecule has 0 aliphatic rings. The Bertz CT molecular complexity index is 496. The van der Waals surface area contributed by atoms with Crippen molar-refractivity contribution in [1.29, 1.82) is 0 Å². The Kier molecular flexibility index (Phi) is 4.62. The molecule has 2 rings (SSSR count). The summed E-state index contributed by atoms with van der Waals surface area (Å²) in [5.74, 6) is 0.953. The first-order chi connectivity index (χ1) is 7.65. The summed E-state index contributed by atoms with van der Waals surface area (Å²) in [5, 5.41) is 3.30. The van der Waals surface area contributed by atoms with Gasteiger partial charge in [-0.3, -0.25) is 0 Å². The van der Waals surface area contributed by atoms with E-state index >= 15 is 0 Å². The van der Waals surface area contributed by atoms with Gasteiger partial charge in [-0.25, -0.2) is 0 Å². The fourth-order valence-electron chi connectivity index (χ4n) is 1.15. The highest BCUT2D eigenvalue weighted by molar-refractivity contribution is 9.10. The van der Waals surface area contributed by atoms with Gasteiger partial charge in [-0.05, 0) is 40.2 Å². The number of thiophene rings is 1. The zero-order valence-corrected chi connectivity index (χ0v) is 12.8. The van der Waals surface area contributed by atoms with E-state index in [9.17, 15) is 0 Å². The highest BCUT2D eigenvalue weighted by atomic mass is 79.9. The van der Waals surface area contributed by atoms with E-state index < -0.39 is 0 Å². The van der Waals surface area contributed by atoms with Crippen LogP contribution in [0, 0.1) is 0 Å². The first-order valence-electron chi connectivity index (χ1n) is 4.46. The summed E-state index contributed by atoms with van der Waals surface area (Å²) in [7, 11) is 0. The van der Waals surface area contributed by atoms with Gasteiger partial charge < -0.3 is 0 Å². The standard InChI is InChI=1S/C11H7BrCl2S2/c12-7-3-9(15-5-7)6-16-8-1-2-10(13)11(14)4-8/h1-5H,6H2. The van der Waals surface area contributed by atoms with Crippen molar-refractivity contribution in [1.82, 2.24) is 0 Å². The van der Waals surface area contributed by atoms with E-state index in [-0.39, 0.29) is 0 Å². The molecule has 0 aliphatic heterocycles. The van der Waals surface area contributed by atoms with Crippen molar-refractivity contribution >= 4 is 62.2 Å². The monoisotopic (exact) mass is 352 g/mol. The Morgan fingerprint density at radius 3 is 2.62 bits per heavy atom. The Morgan fingerprint density at radius 1 is 1.19 bits per heavy atom. The minimum Gasteiger partial charge on any atom is -0.147 e. The molecule has 0 spiro atoms. The number of hydrogen-bond acceptors (Lipinski definition) is 2. The van der Waals surface area contributed by atoms with Crippen molar-refractivity contribution in [3.05, 3.63) is 49.0 Å². The minimum absolute atomic E-state index is 0.602. The van der Waals surface area contributed by atoms with Gasteiger partial charge in [0.15, 0.2) is 0 Å². The van der Waals surface area contributed by atoms with Gasteiger partial charge in [0.25, 0.3) is 0 Å². The normalized spacial score (nSPS) is 10.7. The minimum atomic E-state index is 0.602. The van der Waals surface area contributed by atoms with Gasteiger partial charge in [0.2, 0.25) is 0 Å². The maximum atomic E-state index is 5.95. The molecule has 0 N–H and O–H groups in total. The Balaban J connectivity index is 2.02. The van der Waals surface area contributed by atoms with E-state index in [4.69, 9.17) is 23.2 Å². The molecule has 1 aromatic carbocycles. The van der Waals surface area contributed by atoms with Gasteiger partial charge in [0.1, 0.15) is 0 Å². The Labute approximate surface area is 121 Å². The van der Waals surface area contributed by atoms with E-state index in [2.05, 4.69) is 27.4 Å². The third-order valence-corrected chi connectivity index (χ3v) is 5.56. The Hall–Kier alpha value is 0.330. The molecule has 1 aromatic heterocycles. The van der Waals surface area contributed by atoms with Crippen molar-refractivity contribution < 1.29 is 0 Å². The molecule has 0 aliphatic carbocycles. The topological polar surface area (TPSA) is 0 Å². The molecule has 0 atom stereocenters. The first-order valence-corrected chi connectivity index (χ1v) is 7.87. The molecular formula is C11H7BrCl2S2. The summed E-state index contributed by atoms with van der Waals surface area (Å²) in [6.45, 7) is 0. The molecule has 0 bridgehead atoms. The van der Waals surface area contributed by atoms with Gasteiger partial charge in [-0.15, -0.1) is 23.1 Å². The van der Waals surface area contributed by atoms with Crippen LogP contribution in [0.15, 0.2) is 39.0 Å². The SMILES string of the molecule is Clc1ccc(SCc2cc(Br)cs2)cc1Cl. The molecule has 0 amide bonds. The summed E-state index contributed by atoms with van der Waals surface area (Å²) < 4.78 is 1.14. The van der Waals surface area contributed by atoms with Gasteiger partial charge >= 0.3 is 0 Å². The lowest BCUT2D eigenvalue weighted by Gasteiger charge is -2.01. The molecule has 84 valence electrons. The first kappa shape index (κ1) is 12.8. The second-order valence-electron chi connectivity index (χ2n) is 3.10. The van der Waals surface area contributed by atoms with Crippen LogP contribution in [0.3, 0.4) is 0 Å². The lowest BCUT2D eigenvalue weighted by atomic mass is 10.4. The van der Waals surface area contributed by atoms with Crippen LogP contribution >= 0.6 is 62.2 Å². The van der Waals surface area contributed by atoms with E-state index in [0.717, 1.165) is 15.1 Å². The number of rotatable bonds is 3. The smallest absolute Gasteiger partial charge is 0.0603 e. The zero-order valence-electron chi connectivity index (χ0n) is 8.04. The number of benzene rings is 1. The molecule has 2 aromatic rings. The number of hydrogen-bond donors (Lipinski definition) is 0. The van der Waals surface area contributed by atoms with Crippen LogP contribution in [0.4, 0.5) is 0 Å². The average molecular weight is 354 g/mol. The van der Waals surface area contributed by atoms with Crippen molar-refractivity contribution in [3.63, 3.8) is 0 Å². The quantitative estimate of drug-likeness (QED) is 0.600. The van der Waals surface area contributed by atoms with Crippen LogP contribution in [-0.4, -0.2) is 0 Å². The van der Waals surface area contributed by atoms with Gasteiger partial charge in [-0.1, -0.05) is 23.2 Å². The van der Waals surface area contributed by atoms with Crippen LogP contribution in [0.2, 0.25) is 10.0 Å². The van der Waals surface area contributed by atoms with E-state index in [1.807, 2.05) is 18.2 Å². The molecule has 5 heteroatoms. The third kappa shape index (κ3) is 3.41. The van der Waals surface area contributed by atoms with E-state index in [0.29, 0.717) is 10.0 Å². The van der Waals surface area contributed by atoms with Gasteiger partial charge in [0, 0.05) is 25.4 Å². The maximum Gasteiger partial charge on any atom is 0.0603 e. The predicted octanol–water partition coefficient (Wildman–Crippen LogP) is 6.11. The summed E-state index contributed by atoms with van der Waals surface area (Å²) in [6, 6.07) is 7.85. The van der Waals surface area contributed by atoms with Crippen LogP contribution in [-0.2, 0) is 5.75 Å². The molecule has 0 nitrogen and oxygen atoms in total. The summed E-state index contributed by atoms with van der Waals surface area (Å²) in [4.78, 5) is 2.47. The highest BCUT2D eigenvalue weighted by Gasteiger charge is 2.02. The van der Waals surface area contributed by atoms with E-state index in [1.165, 1.54) is 4.88 Å². The summed E-state index contributed by atoms with van der Waals surface area (Å²) in [5.41, 5.74) is 0. The lowest BCUT2D eigenvalue weighted by Crippen LogP contribution is -1.76. The molecule has 0 saturated heterocycles. The second-order valence-corrected chi connectivity index (χ2v) is 6.87. The van der Waals surface area contributed by atoms with Crippen LogP contribution in [0.5, 0.6) is 0 Å². The maximum absolute atomic E-state index is 5.95. The summed E-state index contributed by atoms with van der Waals surface area (Å²) in [6.07, 6.45) is 0. The third-order valence-electron chi connectivity index (χ3n) is 1.89. The molecule has 0 fully saturated rings. The largest absolute Gasteiger partial charge is 0.147 e. The highest BCUT2D eigenvalue weighted by Crippen LogP contribution is 2.31. The van der Waals surface area contributed by atoms with Gasteiger partial charge in [0.05, 0.1) is 10.0 Å². The van der Waals surface area contributed by atoms with Gasteiger partial charge in [-0.2, -0.15) is 0 Å². The molecular weight excluding hydrogens is 347 g/mol. The molecule has 0 unspecified atom stereocenters. The Morgan fingerprint density at radius 2 is 2.00 bits per heavy atom. The van der Waals surface area contributed by atoms with Crippen molar-refractivity contribution in [2.45, 2.75) is 10.6 Å². The predicted molar refractivity (Wildman–Crippen MR) is 78.0 cm³/mol. The second kappa shape index (κ2) is 5.78. The van der Waals surface area contributed by atoms with Crippen LogP contribution in [0.25, 0.3) is 0 Å². The van der Waals surface area contributed by atoms with Crippen molar-refractivity contribution in [2.24, 2.45) is 0 Å². The molecule has 0 radical (unpaired) electrons. The van der Waals surface area contributed by atoms with Crippen LogP contribution in [0.1, 0.15) is 4.88 Å². The molecule has 0 saturated carbocycles. The van der Waals surface area contributed by atoms with Crippen molar-refractivity contribution in [2.75, 3.05) is 0 Å². The fraction of sp³-hybridized carbons (Fsp3) is 0.0909. The fourth-order valence-corrected chi connectivity index (χ4v) is 3.96. The lowest BCUT2D eigenvalue weighted by molar-refractivity contribution is 1.43. The summed E-state index contributed by atoms with van der Waals surface area (Å²) >= 11 is 18.8. The average Bonchev–Trinajstić information content (AvgIpc) is 2.66. The zero-order chi connectivity index (χ0) is 11.5.